The molecule has 1 atom stereocenters. The quantitative estimate of drug-likeness (QED) is 0.656. The summed E-state index contributed by atoms with van der Waals surface area (Å²) in [6.45, 7) is 1.09. The molecule has 0 radical (unpaired) electrons. The molecule has 2 rings (SSSR count). The molecule has 0 fully saturated rings. The van der Waals surface area contributed by atoms with Crippen molar-refractivity contribution in [2.24, 2.45) is 0 Å². The van der Waals surface area contributed by atoms with Crippen molar-refractivity contribution in [3.05, 3.63) is 65.7 Å². The van der Waals surface area contributed by atoms with Crippen LogP contribution < -0.4 is 4.74 Å². The van der Waals surface area contributed by atoms with Crippen molar-refractivity contribution in [3.8, 4) is 17.6 Å². The Labute approximate surface area is 131 Å². The smallest absolute Gasteiger partial charge is 0.140 e. The van der Waals surface area contributed by atoms with Crippen molar-refractivity contribution in [3.63, 3.8) is 0 Å². The fourth-order valence-electron chi connectivity index (χ4n) is 1.92. The van der Waals surface area contributed by atoms with Gasteiger partial charge in [0.15, 0.2) is 0 Å². The average molecular weight is 296 g/mol. The highest BCUT2D eigenvalue weighted by molar-refractivity contribution is 5.27. The molecule has 0 amide bonds. The minimum absolute atomic E-state index is 0.542. The molecule has 0 aliphatic heterocycles. The summed E-state index contributed by atoms with van der Waals surface area (Å²) < 4.78 is 10.7. The predicted octanol–water partition coefficient (Wildman–Crippen LogP) is 3.34. The number of hydrogen-bond acceptors (Lipinski definition) is 3. The normalized spacial score (nSPS) is 11.4. The zero-order valence-corrected chi connectivity index (χ0v) is 12.7. The second-order valence-electron chi connectivity index (χ2n) is 4.78. The predicted molar refractivity (Wildman–Crippen MR) is 86.4 cm³/mol. The first-order chi connectivity index (χ1) is 10.8. The maximum Gasteiger partial charge on any atom is 0.140 e. The van der Waals surface area contributed by atoms with E-state index in [2.05, 4.69) is 11.8 Å². The van der Waals surface area contributed by atoms with Crippen LogP contribution in [0.5, 0.6) is 5.75 Å². The third kappa shape index (κ3) is 5.25. The van der Waals surface area contributed by atoms with E-state index in [9.17, 15) is 5.11 Å². The van der Waals surface area contributed by atoms with Gasteiger partial charge in [0.2, 0.25) is 0 Å². The highest BCUT2D eigenvalue weighted by Crippen LogP contribution is 2.12. The zero-order valence-electron chi connectivity index (χ0n) is 12.7. The molecule has 0 saturated carbocycles. The molecule has 0 spiro atoms. The molecule has 0 bridgehead atoms. The number of aliphatic hydroxyl groups excluding tert-OH is 1. The van der Waals surface area contributed by atoms with Crippen molar-refractivity contribution >= 4 is 0 Å². The first kappa shape index (κ1) is 16.1. The van der Waals surface area contributed by atoms with E-state index in [0.717, 1.165) is 16.9 Å². The number of aliphatic hydroxyl groups is 1. The van der Waals surface area contributed by atoms with E-state index in [4.69, 9.17) is 9.47 Å². The molecule has 114 valence electrons. The standard InChI is InChI=1S/C19H20O3/c1-21-18-12-10-16(11-13-18)15-22-14-6-5-9-19(20)17-7-3-2-4-8-17/h2-4,7-8,10-13,19-20H,6,14-15H2,1H3. The van der Waals surface area contributed by atoms with Gasteiger partial charge in [-0.2, -0.15) is 0 Å². The molecule has 0 heterocycles. The molecule has 2 aromatic rings. The Morgan fingerprint density at radius 1 is 1.05 bits per heavy atom. The van der Waals surface area contributed by atoms with Crippen LogP contribution >= 0.6 is 0 Å². The molecule has 3 nitrogen and oxygen atoms in total. The van der Waals surface area contributed by atoms with Crippen molar-refractivity contribution < 1.29 is 14.6 Å². The van der Waals surface area contributed by atoms with E-state index >= 15 is 0 Å². The van der Waals surface area contributed by atoms with Crippen molar-refractivity contribution in [2.75, 3.05) is 13.7 Å². The van der Waals surface area contributed by atoms with Crippen LogP contribution in [-0.2, 0) is 11.3 Å². The second kappa shape index (κ2) is 8.89. The van der Waals surface area contributed by atoms with Gasteiger partial charge in [0, 0.05) is 6.42 Å². The number of rotatable bonds is 6. The van der Waals surface area contributed by atoms with E-state index in [1.165, 1.54) is 0 Å². The van der Waals surface area contributed by atoms with Gasteiger partial charge in [0.05, 0.1) is 20.3 Å². The van der Waals surface area contributed by atoms with Gasteiger partial charge in [0.25, 0.3) is 0 Å². The van der Waals surface area contributed by atoms with E-state index in [1.807, 2.05) is 54.6 Å². The van der Waals surface area contributed by atoms with E-state index < -0.39 is 6.10 Å². The summed E-state index contributed by atoms with van der Waals surface area (Å²) in [6, 6.07) is 17.2. The van der Waals surface area contributed by atoms with Crippen LogP contribution in [0.4, 0.5) is 0 Å². The lowest BCUT2D eigenvalue weighted by molar-refractivity contribution is 0.126. The molecule has 1 N–H and O–H groups in total. The summed E-state index contributed by atoms with van der Waals surface area (Å²) in [5, 5.41) is 9.88. The van der Waals surface area contributed by atoms with Gasteiger partial charge in [-0.25, -0.2) is 0 Å². The maximum absolute atomic E-state index is 9.88. The SMILES string of the molecule is COc1ccc(COCCC#CC(O)c2ccccc2)cc1. The molecular weight excluding hydrogens is 276 g/mol. The van der Waals surface area contributed by atoms with Gasteiger partial charge in [-0.05, 0) is 23.3 Å². The van der Waals surface area contributed by atoms with Crippen LogP contribution in [0.15, 0.2) is 54.6 Å². The Bertz CT molecular complexity index is 609. The van der Waals surface area contributed by atoms with Crippen LogP contribution in [-0.4, -0.2) is 18.8 Å². The zero-order chi connectivity index (χ0) is 15.6. The van der Waals surface area contributed by atoms with Gasteiger partial charge in [-0.1, -0.05) is 54.3 Å². The first-order valence-electron chi connectivity index (χ1n) is 7.21. The maximum atomic E-state index is 9.88. The molecular formula is C19H20O3. The van der Waals surface area contributed by atoms with Crippen LogP contribution in [0.25, 0.3) is 0 Å². The molecule has 22 heavy (non-hydrogen) atoms. The Kier molecular flexibility index (Phi) is 6.50. The number of benzene rings is 2. The molecule has 0 saturated heterocycles. The van der Waals surface area contributed by atoms with Crippen LogP contribution in [0.3, 0.4) is 0 Å². The number of ether oxygens (including phenoxy) is 2. The number of hydrogen-bond donors (Lipinski definition) is 1. The minimum atomic E-state index is -0.734. The van der Waals surface area contributed by atoms with Crippen molar-refractivity contribution in [2.45, 2.75) is 19.1 Å². The summed E-state index contributed by atoms with van der Waals surface area (Å²) in [5.74, 6) is 6.60. The van der Waals surface area contributed by atoms with E-state index in [1.54, 1.807) is 7.11 Å². The summed E-state index contributed by atoms with van der Waals surface area (Å²) >= 11 is 0. The number of methoxy groups -OCH3 is 1. The molecule has 3 heteroatoms. The fourth-order valence-corrected chi connectivity index (χ4v) is 1.92. The van der Waals surface area contributed by atoms with Crippen LogP contribution in [0.1, 0.15) is 23.7 Å². The van der Waals surface area contributed by atoms with Gasteiger partial charge < -0.3 is 14.6 Å². The minimum Gasteiger partial charge on any atom is -0.497 e. The third-order valence-electron chi connectivity index (χ3n) is 3.15. The highest BCUT2D eigenvalue weighted by Gasteiger charge is 2.00. The first-order valence-corrected chi connectivity index (χ1v) is 7.21. The molecule has 1 unspecified atom stereocenters. The van der Waals surface area contributed by atoms with Crippen LogP contribution in [0, 0.1) is 11.8 Å². The van der Waals surface area contributed by atoms with Gasteiger partial charge in [-0.15, -0.1) is 0 Å². The second-order valence-corrected chi connectivity index (χ2v) is 4.78. The topological polar surface area (TPSA) is 38.7 Å². The largest absolute Gasteiger partial charge is 0.497 e. The molecule has 0 aliphatic rings. The Hall–Kier alpha value is -2.28. The van der Waals surface area contributed by atoms with Crippen molar-refractivity contribution in [1.29, 1.82) is 0 Å². The van der Waals surface area contributed by atoms with Gasteiger partial charge in [0.1, 0.15) is 11.9 Å². The molecule has 0 aliphatic carbocycles. The Morgan fingerprint density at radius 2 is 1.77 bits per heavy atom. The molecule has 0 aromatic heterocycles. The van der Waals surface area contributed by atoms with Crippen LogP contribution in [0.2, 0.25) is 0 Å². The average Bonchev–Trinajstić information content (AvgIpc) is 2.59. The Morgan fingerprint density at radius 3 is 2.45 bits per heavy atom. The summed E-state index contributed by atoms with van der Waals surface area (Å²) in [4.78, 5) is 0. The molecule has 2 aromatic carbocycles. The summed E-state index contributed by atoms with van der Waals surface area (Å²) in [6.07, 6.45) is -0.136. The Balaban J connectivity index is 1.68. The third-order valence-corrected chi connectivity index (χ3v) is 3.15. The fraction of sp³-hybridized carbons (Fsp3) is 0.263. The summed E-state index contributed by atoms with van der Waals surface area (Å²) in [7, 11) is 1.65. The lowest BCUT2D eigenvalue weighted by atomic mass is 10.1. The summed E-state index contributed by atoms with van der Waals surface area (Å²) in [5.41, 5.74) is 1.91. The van der Waals surface area contributed by atoms with Crippen molar-refractivity contribution in [1.82, 2.24) is 0 Å². The van der Waals surface area contributed by atoms with E-state index in [-0.39, 0.29) is 0 Å². The monoisotopic (exact) mass is 296 g/mol. The lowest BCUT2D eigenvalue weighted by Gasteiger charge is -2.04. The van der Waals surface area contributed by atoms with Gasteiger partial charge >= 0.3 is 0 Å². The van der Waals surface area contributed by atoms with E-state index in [0.29, 0.717) is 19.6 Å². The highest BCUT2D eigenvalue weighted by atomic mass is 16.5. The lowest BCUT2D eigenvalue weighted by Crippen LogP contribution is -1.96. The van der Waals surface area contributed by atoms with Gasteiger partial charge in [-0.3, -0.25) is 0 Å².